The second kappa shape index (κ2) is 5.69. The van der Waals surface area contributed by atoms with E-state index in [-0.39, 0.29) is 0 Å². The SMILES string of the molecule is Cc1nc(NCc2cn[nH]c2-c2ccc(Br)cc2)n(C)n1. The third-order valence-corrected chi connectivity index (χ3v) is 3.69. The molecule has 2 aromatic heterocycles. The molecule has 3 rings (SSSR count). The maximum atomic E-state index is 4.33. The number of aryl methyl sites for hydroxylation is 2. The first kappa shape index (κ1) is 13.8. The lowest BCUT2D eigenvalue weighted by atomic mass is 10.1. The van der Waals surface area contributed by atoms with Crippen LogP contribution in [0.15, 0.2) is 34.9 Å². The number of rotatable bonds is 4. The van der Waals surface area contributed by atoms with E-state index >= 15 is 0 Å². The number of nitrogens with zero attached hydrogens (tertiary/aromatic N) is 4. The minimum Gasteiger partial charge on any atom is -0.350 e. The molecule has 0 bridgehead atoms. The second-order valence-corrected chi connectivity index (χ2v) is 5.65. The zero-order valence-corrected chi connectivity index (χ0v) is 13.3. The van der Waals surface area contributed by atoms with Gasteiger partial charge in [0, 0.05) is 23.6 Å². The molecule has 0 fully saturated rings. The summed E-state index contributed by atoms with van der Waals surface area (Å²) in [6.45, 7) is 2.50. The van der Waals surface area contributed by atoms with E-state index in [9.17, 15) is 0 Å². The molecule has 0 atom stereocenters. The van der Waals surface area contributed by atoms with E-state index in [4.69, 9.17) is 0 Å². The second-order valence-electron chi connectivity index (χ2n) is 4.74. The zero-order valence-electron chi connectivity index (χ0n) is 11.8. The molecule has 108 valence electrons. The third kappa shape index (κ3) is 2.97. The largest absolute Gasteiger partial charge is 0.350 e. The average Bonchev–Trinajstić information content (AvgIpc) is 3.04. The van der Waals surface area contributed by atoms with Crippen LogP contribution in [0, 0.1) is 6.92 Å². The van der Waals surface area contributed by atoms with Gasteiger partial charge in [-0.05, 0) is 24.6 Å². The van der Waals surface area contributed by atoms with Crippen LogP contribution in [0.2, 0.25) is 0 Å². The monoisotopic (exact) mass is 346 g/mol. The Bertz CT molecular complexity index is 743. The number of hydrogen-bond acceptors (Lipinski definition) is 4. The predicted molar refractivity (Wildman–Crippen MR) is 84.8 cm³/mol. The standard InChI is InChI=1S/C14H15BrN6/c1-9-18-14(21(2)20-9)16-7-11-8-17-19-13(11)10-3-5-12(15)6-4-10/h3-6,8H,7H2,1-2H3,(H,17,19)(H,16,18,20). The van der Waals surface area contributed by atoms with Crippen LogP contribution in [-0.4, -0.2) is 25.0 Å². The highest BCUT2D eigenvalue weighted by molar-refractivity contribution is 9.10. The molecule has 0 aliphatic carbocycles. The van der Waals surface area contributed by atoms with Gasteiger partial charge in [0.2, 0.25) is 5.95 Å². The van der Waals surface area contributed by atoms with Gasteiger partial charge in [-0.25, -0.2) is 4.68 Å². The number of benzene rings is 1. The Morgan fingerprint density at radius 1 is 1.29 bits per heavy atom. The summed E-state index contributed by atoms with van der Waals surface area (Å²) in [5, 5.41) is 14.7. The fraction of sp³-hybridized carbons (Fsp3) is 0.214. The summed E-state index contributed by atoms with van der Waals surface area (Å²) in [5.41, 5.74) is 3.19. The van der Waals surface area contributed by atoms with Gasteiger partial charge < -0.3 is 5.32 Å². The minimum atomic E-state index is 0.633. The number of nitrogens with one attached hydrogen (secondary N) is 2. The molecule has 2 N–H and O–H groups in total. The molecule has 0 aliphatic rings. The summed E-state index contributed by atoms with van der Waals surface area (Å²) in [4.78, 5) is 4.33. The van der Waals surface area contributed by atoms with Crippen LogP contribution < -0.4 is 5.32 Å². The zero-order chi connectivity index (χ0) is 14.8. The van der Waals surface area contributed by atoms with Crippen molar-refractivity contribution in [3.05, 3.63) is 46.3 Å². The van der Waals surface area contributed by atoms with Crippen molar-refractivity contribution in [2.24, 2.45) is 7.05 Å². The lowest BCUT2D eigenvalue weighted by molar-refractivity contribution is 0.758. The molecule has 0 saturated carbocycles. The van der Waals surface area contributed by atoms with Crippen molar-refractivity contribution >= 4 is 21.9 Å². The van der Waals surface area contributed by atoms with Crippen molar-refractivity contribution in [2.75, 3.05) is 5.32 Å². The molecule has 0 spiro atoms. The van der Waals surface area contributed by atoms with Gasteiger partial charge in [0.05, 0.1) is 11.9 Å². The molecule has 6 nitrogen and oxygen atoms in total. The highest BCUT2D eigenvalue weighted by Crippen LogP contribution is 2.23. The van der Waals surface area contributed by atoms with Gasteiger partial charge in [0.25, 0.3) is 0 Å². The van der Waals surface area contributed by atoms with Crippen molar-refractivity contribution in [1.82, 2.24) is 25.0 Å². The quantitative estimate of drug-likeness (QED) is 0.761. The Hall–Kier alpha value is -2.15. The van der Waals surface area contributed by atoms with E-state index in [1.165, 1.54) is 0 Å². The maximum absolute atomic E-state index is 4.33. The normalized spacial score (nSPS) is 10.8. The first-order valence-electron chi connectivity index (χ1n) is 6.53. The van der Waals surface area contributed by atoms with Crippen LogP contribution in [0.4, 0.5) is 5.95 Å². The summed E-state index contributed by atoms with van der Waals surface area (Å²) in [6.07, 6.45) is 1.83. The van der Waals surface area contributed by atoms with Crippen LogP contribution in [0.5, 0.6) is 0 Å². The lowest BCUT2D eigenvalue weighted by Gasteiger charge is -2.06. The van der Waals surface area contributed by atoms with Crippen LogP contribution >= 0.6 is 15.9 Å². The van der Waals surface area contributed by atoms with Crippen LogP contribution in [0.25, 0.3) is 11.3 Å². The van der Waals surface area contributed by atoms with Gasteiger partial charge in [-0.1, -0.05) is 28.1 Å². The summed E-state index contributed by atoms with van der Waals surface area (Å²) in [6, 6.07) is 8.12. The molecule has 0 unspecified atom stereocenters. The van der Waals surface area contributed by atoms with Gasteiger partial charge in [-0.2, -0.15) is 15.2 Å². The molecular weight excluding hydrogens is 332 g/mol. The Morgan fingerprint density at radius 3 is 2.71 bits per heavy atom. The van der Waals surface area contributed by atoms with Gasteiger partial charge in [-0.3, -0.25) is 5.10 Å². The maximum Gasteiger partial charge on any atom is 0.221 e. The predicted octanol–water partition coefficient (Wildman–Crippen LogP) is 2.89. The van der Waals surface area contributed by atoms with Crippen molar-refractivity contribution in [2.45, 2.75) is 13.5 Å². The van der Waals surface area contributed by atoms with E-state index in [2.05, 4.69) is 41.5 Å². The van der Waals surface area contributed by atoms with Crippen molar-refractivity contribution in [3.63, 3.8) is 0 Å². The Labute approximate surface area is 130 Å². The minimum absolute atomic E-state index is 0.633. The fourth-order valence-corrected chi connectivity index (χ4v) is 2.42. The number of hydrogen-bond donors (Lipinski definition) is 2. The number of anilines is 1. The number of H-pyrrole nitrogens is 1. The summed E-state index contributed by atoms with van der Waals surface area (Å²) < 4.78 is 2.79. The Balaban J connectivity index is 1.79. The highest BCUT2D eigenvalue weighted by atomic mass is 79.9. The summed E-state index contributed by atoms with van der Waals surface area (Å²) >= 11 is 3.44. The third-order valence-electron chi connectivity index (χ3n) is 3.16. The van der Waals surface area contributed by atoms with Crippen molar-refractivity contribution in [3.8, 4) is 11.3 Å². The van der Waals surface area contributed by atoms with E-state index < -0.39 is 0 Å². The van der Waals surface area contributed by atoms with E-state index in [0.29, 0.717) is 6.54 Å². The van der Waals surface area contributed by atoms with Crippen molar-refractivity contribution < 1.29 is 0 Å². The molecule has 0 radical (unpaired) electrons. The molecule has 1 aromatic carbocycles. The van der Waals surface area contributed by atoms with Gasteiger partial charge >= 0.3 is 0 Å². The molecule has 3 aromatic rings. The molecule has 0 amide bonds. The Kier molecular flexibility index (Phi) is 3.74. The van der Waals surface area contributed by atoms with Crippen LogP contribution in [-0.2, 0) is 13.6 Å². The molecular formula is C14H15BrN6. The molecule has 0 saturated heterocycles. The van der Waals surface area contributed by atoms with Crippen molar-refractivity contribution in [1.29, 1.82) is 0 Å². The van der Waals surface area contributed by atoms with E-state index in [1.807, 2.05) is 44.4 Å². The molecule has 2 heterocycles. The van der Waals surface area contributed by atoms with Crippen LogP contribution in [0.1, 0.15) is 11.4 Å². The first-order chi connectivity index (χ1) is 10.1. The molecule has 21 heavy (non-hydrogen) atoms. The van der Waals surface area contributed by atoms with Gasteiger partial charge in [0.1, 0.15) is 5.82 Å². The van der Waals surface area contributed by atoms with E-state index in [1.54, 1.807) is 4.68 Å². The highest BCUT2D eigenvalue weighted by Gasteiger charge is 2.09. The number of halogens is 1. The summed E-state index contributed by atoms with van der Waals surface area (Å²) in [7, 11) is 1.87. The van der Waals surface area contributed by atoms with Crippen LogP contribution in [0.3, 0.4) is 0 Å². The number of aromatic nitrogens is 5. The Morgan fingerprint density at radius 2 is 2.05 bits per heavy atom. The number of aromatic amines is 1. The molecule has 7 heteroatoms. The van der Waals surface area contributed by atoms with E-state index in [0.717, 1.165) is 33.1 Å². The lowest BCUT2D eigenvalue weighted by Crippen LogP contribution is -2.06. The van der Waals surface area contributed by atoms with Gasteiger partial charge in [-0.15, -0.1) is 0 Å². The first-order valence-corrected chi connectivity index (χ1v) is 7.32. The average molecular weight is 347 g/mol. The fourth-order valence-electron chi connectivity index (χ4n) is 2.15. The topological polar surface area (TPSA) is 71.4 Å². The summed E-state index contributed by atoms with van der Waals surface area (Å²) in [5.74, 6) is 1.50. The molecule has 0 aliphatic heterocycles. The van der Waals surface area contributed by atoms with Gasteiger partial charge in [0.15, 0.2) is 0 Å². The smallest absolute Gasteiger partial charge is 0.221 e.